The van der Waals surface area contributed by atoms with E-state index in [2.05, 4.69) is 15.8 Å². The van der Waals surface area contributed by atoms with Gasteiger partial charge in [0.05, 0.1) is 12.8 Å². The van der Waals surface area contributed by atoms with Crippen LogP contribution in [0.2, 0.25) is 5.02 Å². The molecule has 2 aromatic carbocycles. The molecule has 0 saturated carbocycles. The third-order valence-electron chi connectivity index (χ3n) is 3.14. The highest BCUT2D eigenvalue weighted by atomic mass is 35.5. The zero-order chi connectivity index (χ0) is 18.9. The minimum atomic E-state index is -0.559. The molecule has 0 radical (unpaired) electrons. The number of aromatic hydroxyl groups is 1. The number of rotatable bonds is 7. The summed E-state index contributed by atoms with van der Waals surface area (Å²) in [4.78, 5) is 23.5. The first-order valence-corrected chi connectivity index (χ1v) is 8.19. The summed E-state index contributed by atoms with van der Waals surface area (Å²) >= 11 is 5.76. The number of carbonyl (C=O) groups excluding carboxylic acids is 2. The van der Waals surface area contributed by atoms with Gasteiger partial charge in [-0.05, 0) is 55.0 Å². The number of halogens is 1. The molecular formula is C18H18ClN3O4. The average Bonchev–Trinajstić information content (AvgIpc) is 2.60. The van der Waals surface area contributed by atoms with Crippen LogP contribution in [0, 0.1) is 0 Å². The maximum atomic E-state index is 11.8. The summed E-state index contributed by atoms with van der Waals surface area (Å²) in [5.74, 6) is -0.683. The lowest BCUT2D eigenvalue weighted by Crippen LogP contribution is -2.24. The summed E-state index contributed by atoms with van der Waals surface area (Å²) in [6, 6.07) is 11.2. The highest BCUT2D eigenvalue weighted by molar-refractivity contribution is 6.30. The number of nitrogens with zero attached hydrogens (tertiary/aromatic N) is 1. The molecule has 2 amide bonds. The van der Waals surface area contributed by atoms with Crippen molar-refractivity contribution in [3.8, 4) is 11.5 Å². The van der Waals surface area contributed by atoms with Gasteiger partial charge in [0.2, 0.25) is 11.8 Å². The molecule has 0 bridgehead atoms. The molecule has 2 aromatic rings. The van der Waals surface area contributed by atoms with E-state index in [1.165, 1.54) is 12.3 Å². The lowest BCUT2D eigenvalue weighted by Gasteiger charge is -2.06. The number of nitrogens with one attached hydrogen (secondary N) is 2. The van der Waals surface area contributed by atoms with Crippen LogP contribution in [0.15, 0.2) is 47.6 Å². The topological polar surface area (TPSA) is 100 Å². The fourth-order valence-corrected chi connectivity index (χ4v) is 2.11. The van der Waals surface area contributed by atoms with Crippen molar-refractivity contribution in [3.05, 3.63) is 53.1 Å². The fourth-order valence-electron chi connectivity index (χ4n) is 1.98. The zero-order valence-electron chi connectivity index (χ0n) is 14.0. The second-order valence-electron chi connectivity index (χ2n) is 5.19. The Morgan fingerprint density at radius 1 is 1.19 bits per heavy atom. The second-order valence-corrected chi connectivity index (χ2v) is 5.62. The van der Waals surface area contributed by atoms with Crippen molar-refractivity contribution in [3.63, 3.8) is 0 Å². The summed E-state index contributed by atoms with van der Waals surface area (Å²) in [5, 5.41) is 16.5. The van der Waals surface area contributed by atoms with Gasteiger partial charge in [0.1, 0.15) is 6.42 Å². The SMILES string of the molecule is CCOc1cc(/C=N/NC(=O)CC(=O)Nc2ccc(Cl)cc2)ccc1O. The molecule has 0 aliphatic carbocycles. The summed E-state index contributed by atoms with van der Waals surface area (Å²) in [6.07, 6.45) is 1.01. The average molecular weight is 376 g/mol. The normalized spacial score (nSPS) is 10.5. The van der Waals surface area contributed by atoms with E-state index in [1.54, 1.807) is 43.3 Å². The summed E-state index contributed by atoms with van der Waals surface area (Å²) in [7, 11) is 0. The molecular weight excluding hydrogens is 358 g/mol. The Bertz CT molecular complexity index is 807. The van der Waals surface area contributed by atoms with Crippen LogP contribution in [-0.2, 0) is 9.59 Å². The van der Waals surface area contributed by atoms with Crippen molar-refractivity contribution < 1.29 is 19.4 Å². The first kappa shape index (κ1) is 19.3. The number of carbonyl (C=O) groups is 2. The summed E-state index contributed by atoms with van der Waals surface area (Å²) in [6.45, 7) is 2.21. The predicted octanol–water partition coefficient (Wildman–Crippen LogP) is 2.92. The molecule has 0 heterocycles. The van der Waals surface area contributed by atoms with E-state index in [1.807, 2.05) is 0 Å². The molecule has 0 atom stereocenters. The summed E-state index contributed by atoms with van der Waals surface area (Å²) in [5.41, 5.74) is 3.44. The van der Waals surface area contributed by atoms with Gasteiger partial charge in [-0.3, -0.25) is 9.59 Å². The number of amides is 2. The van der Waals surface area contributed by atoms with Gasteiger partial charge in [0, 0.05) is 10.7 Å². The van der Waals surface area contributed by atoms with E-state index in [9.17, 15) is 14.7 Å². The minimum absolute atomic E-state index is 0.0203. The Balaban J connectivity index is 1.84. The van der Waals surface area contributed by atoms with Crippen LogP contribution in [-0.4, -0.2) is 29.7 Å². The van der Waals surface area contributed by atoms with Crippen LogP contribution in [0.5, 0.6) is 11.5 Å². The van der Waals surface area contributed by atoms with Crippen LogP contribution in [0.1, 0.15) is 18.9 Å². The third-order valence-corrected chi connectivity index (χ3v) is 3.39. The van der Waals surface area contributed by atoms with Crippen LogP contribution in [0.25, 0.3) is 0 Å². The first-order chi connectivity index (χ1) is 12.5. The number of hydrogen-bond donors (Lipinski definition) is 3. The summed E-state index contributed by atoms with van der Waals surface area (Å²) < 4.78 is 5.26. The molecule has 0 aliphatic heterocycles. The smallest absolute Gasteiger partial charge is 0.249 e. The van der Waals surface area contributed by atoms with Crippen molar-refractivity contribution in [2.75, 3.05) is 11.9 Å². The maximum absolute atomic E-state index is 11.8. The molecule has 136 valence electrons. The molecule has 0 aliphatic rings. The van der Waals surface area contributed by atoms with Crippen molar-refractivity contribution in [2.24, 2.45) is 5.10 Å². The molecule has 0 fully saturated rings. The van der Waals surface area contributed by atoms with Gasteiger partial charge in [-0.25, -0.2) is 5.43 Å². The highest BCUT2D eigenvalue weighted by Crippen LogP contribution is 2.26. The molecule has 0 spiro atoms. The number of ether oxygens (including phenoxy) is 1. The van der Waals surface area contributed by atoms with Gasteiger partial charge < -0.3 is 15.2 Å². The number of phenols is 1. The van der Waals surface area contributed by atoms with Crippen molar-refractivity contribution in [1.29, 1.82) is 0 Å². The Kier molecular flexibility index (Phi) is 6.99. The highest BCUT2D eigenvalue weighted by Gasteiger charge is 2.09. The van der Waals surface area contributed by atoms with Crippen molar-refractivity contribution in [1.82, 2.24) is 5.43 Å². The van der Waals surface area contributed by atoms with Gasteiger partial charge in [0.25, 0.3) is 0 Å². The van der Waals surface area contributed by atoms with E-state index < -0.39 is 11.8 Å². The molecule has 0 saturated heterocycles. The number of phenolic OH excluding ortho intramolecular Hbond substituents is 1. The van der Waals surface area contributed by atoms with Crippen molar-refractivity contribution in [2.45, 2.75) is 13.3 Å². The first-order valence-electron chi connectivity index (χ1n) is 7.81. The van der Waals surface area contributed by atoms with Crippen LogP contribution >= 0.6 is 11.6 Å². The van der Waals surface area contributed by atoms with E-state index in [0.29, 0.717) is 28.6 Å². The maximum Gasteiger partial charge on any atom is 0.249 e. The standard InChI is InChI=1S/C18H18ClN3O4/c1-2-26-16-9-12(3-8-15(16)23)11-20-22-18(25)10-17(24)21-14-6-4-13(19)5-7-14/h3-9,11,23H,2,10H2,1H3,(H,21,24)(H,22,25)/b20-11+. The monoisotopic (exact) mass is 375 g/mol. The number of hydrogen-bond acceptors (Lipinski definition) is 5. The Hall–Kier alpha value is -3.06. The number of benzene rings is 2. The fraction of sp³-hybridized carbons (Fsp3) is 0.167. The quantitative estimate of drug-likeness (QED) is 0.393. The lowest BCUT2D eigenvalue weighted by molar-refractivity contribution is -0.126. The third kappa shape index (κ3) is 6.10. The van der Waals surface area contributed by atoms with Crippen LogP contribution < -0.4 is 15.5 Å². The van der Waals surface area contributed by atoms with E-state index in [-0.39, 0.29) is 12.2 Å². The van der Waals surface area contributed by atoms with E-state index >= 15 is 0 Å². The lowest BCUT2D eigenvalue weighted by atomic mass is 10.2. The molecule has 7 nitrogen and oxygen atoms in total. The molecule has 0 aromatic heterocycles. The van der Waals surface area contributed by atoms with Gasteiger partial charge in [-0.15, -0.1) is 0 Å². The van der Waals surface area contributed by atoms with E-state index in [0.717, 1.165) is 0 Å². The molecule has 26 heavy (non-hydrogen) atoms. The van der Waals surface area contributed by atoms with Crippen molar-refractivity contribution >= 4 is 35.3 Å². The number of hydrazone groups is 1. The zero-order valence-corrected chi connectivity index (χ0v) is 14.8. The molecule has 3 N–H and O–H groups in total. The number of anilines is 1. The molecule has 2 rings (SSSR count). The van der Waals surface area contributed by atoms with Gasteiger partial charge in [0.15, 0.2) is 11.5 Å². The van der Waals surface area contributed by atoms with Crippen LogP contribution in [0.4, 0.5) is 5.69 Å². The van der Waals surface area contributed by atoms with Crippen LogP contribution in [0.3, 0.4) is 0 Å². The second kappa shape index (κ2) is 9.43. The van der Waals surface area contributed by atoms with Gasteiger partial charge in [-0.2, -0.15) is 5.10 Å². The molecule has 0 unspecified atom stereocenters. The van der Waals surface area contributed by atoms with E-state index in [4.69, 9.17) is 16.3 Å². The Morgan fingerprint density at radius 2 is 1.92 bits per heavy atom. The Labute approximate surface area is 155 Å². The molecule has 8 heteroatoms. The minimum Gasteiger partial charge on any atom is -0.504 e. The van der Waals surface area contributed by atoms with Gasteiger partial charge in [-0.1, -0.05) is 11.6 Å². The Morgan fingerprint density at radius 3 is 2.62 bits per heavy atom. The predicted molar refractivity (Wildman–Crippen MR) is 99.7 cm³/mol. The largest absolute Gasteiger partial charge is 0.504 e. The van der Waals surface area contributed by atoms with Gasteiger partial charge >= 0.3 is 0 Å².